The molecule has 0 heterocycles. The minimum absolute atomic E-state index is 0.0762. The van der Waals surface area contributed by atoms with Crippen LogP contribution in [0.3, 0.4) is 0 Å². The average molecular weight is 362 g/mol. The molecule has 0 bridgehead atoms. The summed E-state index contributed by atoms with van der Waals surface area (Å²) in [5.41, 5.74) is 1.58. The van der Waals surface area contributed by atoms with Gasteiger partial charge in [0.25, 0.3) is 0 Å². The van der Waals surface area contributed by atoms with E-state index in [9.17, 15) is 9.90 Å². The lowest BCUT2D eigenvalue weighted by Gasteiger charge is -2.19. The van der Waals surface area contributed by atoms with E-state index in [1.165, 1.54) is 5.56 Å². The molecule has 26 heavy (non-hydrogen) atoms. The Morgan fingerprint density at radius 2 is 1.31 bits per heavy atom. The van der Waals surface area contributed by atoms with Gasteiger partial charge in [-0.15, -0.1) is 0 Å². The summed E-state index contributed by atoms with van der Waals surface area (Å²) in [6.07, 6.45) is 0. The highest BCUT2D eigenvalue weighted by molar-refractivity contribution is 7.97. The maximum atomic E-state index is 11.7. The molecule has 0 radical (unpaired) electrons. The first-order chi connectivity index (χ1) is 12.4. The molecule has 3 rings (SSSR count). The maximum absolute atomic E-state index is 11.7. The predicted octanol–water partition coefficient (Wildman–Crippen LogP) is 4.44. The zero-order valence-corrected chi connectivity index (χ0v) is 16.0. The van der Waals surface area contributed by atoms with Gasteiger partial charge in [-0.1, -0.05) is 63.2 Å². The van der Waals surface area contributed by atoms with Crippen LogP contribution in [0.2, 0.25) is 0 Å². The van der Waals surface area contributed by atoms with Gasteiger partial charge in [0.15, 0.2) is 14.7 Å². The Morgan fingerprint density at radius 3 is 1.88 bits per heavy atom. The molecule has 0 aliphatic rings. The summed E-state index contributed by atoms with van der Waals surface area (Å²) in [6, 6.07) is 25.7. The minimum atomic E-state index is -1.14. The number of carbonyl (C=O) groups excluding carboxylic acids is 1. The van der Waals surface area contributed by atoms with E-state index in [1.54, 1.807) is 12.1 Å². The van der Waals surface area contributed by atoms with Crippen molar-refractivity contribution >= 4 is 16.9 Å². The van der Waals surface area contributed by atoms with Gasteiger partial charge < -0.3 is 9.90 Å². The van der Waals surface area contributed by atoms with Crippen molar-refractivity contribution in [3.05, 3.63) is 90.0 Å². The highest BCUT2D eigenvalue weighted by Gasteiger charge is 2.31. The van der Waals surface area contributed by atoms with Crippen LogP contribution < -0.4 is 5.11 Å². The second kappa shape index (κ2) is 7.38. The monoisotopic (exact) mass is 362 g/mol. The fraction of sp³-hybridized carbons (Fsp3) is 0.174. The Hall–Kier alpha value is -2.52. The summed E-state index contributed by atoms with van der Waals surface area (Å²) in [5.74, 6) is -1.14. The molecule has 2 nitrogen and oxygen atoms in total. The third-order valence-corrected chi connectivity index (χ3v) is 6.54. The Labute approximate surface area is 157 Å². The first-order valence-electron chi connectivity index (χ1n) is 8.58. The fourth-order valence-electron chi connectivity index (χ4n) is 2.85. The smallest absolute Gasteiger partial charge is 0.175 e. The van der Waals surface area contributed by atoms with Crippen molar-refractivity contribution < 1.29 is 9.90 Å². The highest BCUT2D eigenvalue weighted by Crippen LogP contribution is 2.34. The molecule has 1 unspecified atom stereocenters. The molecule has 0 N–H and O–H groups in total. The fourth-order valence-corrected chi connectivity index (χ4v) is 5.05. The molecule has 0 saturated carbocycles. The van der Waals surface area contributed by atoms with Crippen LogP contribution in [0, 0.1) is 0 Å². The van der Waals surface area contributed by atoms with E-state index in [1.807, 2.05) is 42.5 Å². The van der Waals surface area contributed by atoms with Crippen molar-refractivity contribution in [1.82, 2.24) is 0 Å². The van der Waals surface area contributed by atoms with Crippen LogP contribution in [0.15, 0.2) is 93.5 Å². The molecule has 132 valence electrons. The molecule has 0 aromatic heterocycles. The molecule has 0 saturated heterocycles. The lowest BCUT2D eigenvalue weighted by Crippen LogP contribution is -2.25. The van der Waals surface area contributed by atoms with Crippen LogP contribution in [0.1, 0.15) is 36.7 Å². The minimum Gasteiger partial charge on any atom is -0.545 e. The van der Waals surface area contributed by atoms with Crippen molar-refractivity contribution in [2.45, 2.75) is 40.9 Å². The molecular formula is C23H22O2S. The Morgan fingerprint density at radius 1 is 0.769 bits per heavy atom. The summed E-state index contributed by atoms with van der Waals surface area (Å²) in [5, 5.41) is 11.7. The third-order valence-electron chi connectivity index (χ3n) is 4.26. The summed E-state index contributed by atoms with van der Waals surface area (Å²) >= 11 is 0. The number of carbonyl (C=O) groups is 1. The van der Waals surface area contributed by atoms with Gasteiger partial charge >= 0.3 is 0 Å². The molecule has 1 atom stereocenters. The summed E-state index contributed by atoms with van der Waals surface area (Å²) < 4.78 is 0. The lowest BCUT2D eigenvalue weighted by molar-refractivity contribution is -0.255. The van der Waals surface area contributed by atoms with Crippen molar-refractivity contribution in [2.75, 3.05) is 0 Å². The van der Waals surface area contributed by atoms with Crippen molar-refractivity contribution in [3.8, 4) is 0 Å². The van der Waals surface area contributed by atoms with Crippen LogP contribution in [-0.2, 0) is 16.3 Å². The average Bonchev–Trinajstić information content (AvgIpc) is 2.63. The van der Waals surface area contributed by atoms with Crippen LogP contribution in [0.4, 0.5) is 0 Å². The normalized spacial score (nSPS) is 12.6. The molecular weight excluding hydrogens is 340 g/mol. The zero-order chi connectivity index (χ0) is 18.7. The summed E-state index contributed by atoms with van der Waals surface area (Å²) in [7, 11) is -0.503. The quantitative estimate of drug-likeness (QED) is 0.644. The van der Waals surface area contributed by atoms with E-state index < -0.39 is 16.9 Å². The van der Waals surface area contributed by atoms with Gasteiger partial charge in [-0.05, 0) is 47.4 Å². The molecule has 0 fully saturated rings. The van der Waals surface area contributed by atoms with Gasteiger partial charge in [-0.3, -0.25) is 0 Å². The number of carboxylic acids is 1. The van der Waals surface area contributed by atoms with Crippen LogP contribution in [0.25, 0.3) is 0 Å². The summed E-state index contributed by atoms with van der Waals surface area (Å²) in [4.78, 5) is 14.6. The molecule has 0 spiro atoms. The highest BCUT2D eigenvalue weighted by atomic mass is 32.2. The number of rotatable bonds is 4. The van der Waals surface area contributed by atoms with Crippen molar-refractivity contribution in [3.63, 3.8) is 0 Å². The number of benzene rings is 3. The van der Waals surface area contributed by atoms with E-state index in [0.29, 0.717) is 0 Å². The second-order valence-corrected chi connectivity index (χ2v) is 9.17. The van der Waals surface area contributed by atoms with Crippen LogP contribution >= 0.6 is 0 Å². The number of aromatic carboxylic acids is 1. The van der Waals surface area contributed by atoms with Gasteiger partial charge in [0.1, 0.15) is 0 Å². The van der Waals surface area contributed by atoms with Crippen LogP contribution in [-0.4, -0.2) is 5.97 Å². The van der Waals surface area contributed by atoms with Gasteiger partial charge in [-0.2, -0.15) is 0 Å². The molecule has 0 amide bonds. The first kappa shape index (κ1) is 18.3. The van der Waals surface area contributed by atoms with Gasteiger partial charge in [0.2, 0.25) is 0 Å². The largest absolute Gasteiger partial charge is 0.545 e. The number of hydrogen-bond acceptors (Lipinski definition) is 2. The Balaban J connectivity index is 2.16. The topological polar surface area (TPSA) is 40.1 Å². The molecule has 3 heteroatoms. The lowest BCUT2D eigenvalue weighted by atomic mass is 9.87. The maximum Gasteiger partial charge on any atom is 0.175 e. The van der Waals surface area contributed by atoms with Gasteiger partial charge in [0, 0.05) is 0 Å². The predicted molar refractivity (Wildman–Crippen MR) is 105 cm³/mol. The standard InChI is InChI=1S/C23H22O2S/c1-23(2,3)17-13-15-19(16-14-17)26(18-9-5-4-6-10-18)21-12-8-7-11-20(21)22(24)25/h4-16H,1-3H3. The van der Waals surface area contributed by atoms with Gasteiger partial charge in [0.05, 0.1) is 22.4 Å². The summed E-state index contributed by atoms with van der Waals surface area (Å²) in [6.45, 7) is 6.55. The molecule has 0 aliphatic carbocycles. The number of hydrogen-bond donors (Lipinski definition) is 0. The van der Waals surface area contributed by atoms with E-state index in [2.05, 4.69) is 45.0 Å². The third kappa shape index (κ3) is 3.83. The van der Waals surface area contributed by atoms with E-state index in [0.717, 1.165) is 14.7 Å². The SMILES string of the molecule is CC(C)(C)c1ccc([S+](c2ccccc2)c2ccccc2C(=O)[O-])cc1. The van der Waals surface area contributed by atoms with Gasteiger partial charge in [-0.25, -0.2) is 0 Å². The van der Waals surface area contributed by atoms with Crippen molar-refractivity contribution in [2.24, 2.45) is 0 Å². The first-order valence-corrected chi connectivity index (χ1v) is 9.80. The molecule has 3 aromatic carbocycles. The molecule has 3 aromatic rings. The van der Waals surface area contributed by atoms with E-state index in [-0.39, 0.29) is 11.0 Å². The zero-order valence-electron chi connectivity index (χ0n) is 15.2. The van der Waals surface area contributed by atoms with E-state index >= 15 is 0 Å². The van der Waals surface area contributed by atoms with Crippen molar-refractivity contribution in [1.29, 1.82) is 0 Å². The second-order valence-electron chi connectivity index (χ2n) is 7.18. The Kier molecular flexibility index (Phi) is 5.19. The van der Waals surface area contributed by atoms with E-state index in [4.69, 9.17) is 0 Å². The number of carboxylic acid groups (broad SMARTS) is 1. The van der Waals surface area contributed by atoms with Crippen LogP contribution in [0.5, 0.6) is 0 Å². The Bertz CT molecular complexity index is 893. The molecule has 0 aliphatic heterocycles.